The Morgan fingerprint density at radius 3 is 2.38 bits per heavy atom. The minimum Gasteiger partial charge on any atom is -0.465 e. The monoisotopic (exact) mass is 355 g/mol. The van der Waals surface area contributed by atoms with E-state index < -0.39 is 0 Å². The van der Waals surface area contributed by atoms with Crippen LogP contribution in [0.15, 0.2) is 36.5 Å². The molecule has 1 amide bonds. The molecule has 0 unspecified atom stereocenters. The number of rotatable bonds is 4. The zero-order valence-electron chi connectivity index (χ0n) is 14.8. The molecule has 8 nitrogen and oxygen atoms in total. The molecule has 1 aliphatic rings. The third-order valence-corrected chi connectivity index (χ3v) is 4.23. The topological polar surface area (TPSA) is 87.7 Å². The van der Waals surface area contributed by atoms with Crippen molar-refractivity contribution in [2.75, 3.05) is 43.5 Å². The summed E-state index contributed by atoms with van der Waals surface area (Å²) in [6.45, 7) is 4.34. The Kier molecular flexibility index (Phi) is 5.31. The lowest BCUT2D eigenvalue weighted by molar-refractivity contribution is -0.129. The van der Waals surface area contributed by atoms with Crippen molar-refractivity contribution >= 4 is 29.3 Å². The Labute approximate surface area is 151 Å². The lowest BCUT2D eigenvalue weighted by atomic mass is 10.2. The molecular weight excluding hydrogens is 334 g/mol. The number of piperazine rings is 1. The van der Waals surface area contributed by atoms with Gasteiger partial charge in [-0.05, 0) is 30.3 Å². The van der Waals surface area contributed by atoms with Crippen molar-refractivity contribution in [3.05, 3.63) is 42.1 Å². The van der Waals surface area contributed by atoms with Gasteiger partial charge in [0.25, 0.3) is 0 Å². The Bertz CT molecular complexity index is 786. The zero-order valence-corrected chi connectivity index (χ0v) is 14.8. The summed E-state index contributed by atoms with van der Waals surface area (Å²) in [5.41, 5.74) is 1.30. The summed E-state index contributed by atoms with van der Waals surface area (Å²) >= 11 is 0. The molecule has 8 heteroatoms. The predicted octanol–water partition coefficient (Wildman–Crippen LogP) is 1.68. The first-order chi connectivity index (χ1) is 12.6. The highest BCUT2D eigenvalue weighted by molar-refractivity contribution is 5.89. The second-order valence-electron chi connectivity index (χ2n) is 5.93. The summed E-state index contributed by atoms with van der Waals surface area (Å²) in [7, 11) is 1.35. The predicted molar refractivity (Wildman–Crippen MR) is 97.6 cm³/mol. The van der Waals surface area contributed by atoms with Crippen LogP contribution in [-0.4, -0.2) is 60.0 Å². The molecule has 0 atom stereocenters. The number of nitrogens with zero attached hydrogens (tertiary/aromatic N) is 4. The molecule has 1 aromatic carbocycles. The third-order valence-electron chi connectivity index (χ3n) is 4.23. The van der Waals surface area contributed by atoms with Crippen LogP contribution in [0.5, 0.6) is 0 Å². The fourth-order valence-corrected chi connectivity index (χ4v) is 2.75. The second kappa shape index (κ2) is 7.81. The highest BCUT2D eigenvalue weighted by Crippen LogP contribution is 2.18. The van der Waals surface area contributed by atoms with Gasteiger partial charge in [-0.3, -0.25) is 4.79 Å². The lowest BCUT2D eigenvalue weighted by Crippen LogP contribution is -2.48. The number of aromatic nitrogens is 2. The molecule has 136 valence electrons. The molecule has 26 heavy (non-hydrogen) atoms. The van der Waals surface area contributed by atoms with Gasteiger partial charge in [0.05, 0.1) is 12.7 Å². The molecule has 0 radical (unpaired) electrons. The summed E-state index contributed by atoms with van der Waals surface area (Å²) in [5.74, 6) is 1.01. The van der Waals surface area contributed by atoms with Gasteiger partial charge in [-0.15, -0.1) is 0 Å². The Morgan fingerprint density at radius 2 is 1.77 bits per heavy atom. The quantitative estimate of drug-likeness (QED) is 0.835. The molecule has 0 saturated carbocycles. The molecule has 1 aliphatic heterocycles. The van der Waals surface area contributed by atoms with E-state index in [1.807, 2.05) is 4.90 Å². The molecule has 2 aromatic rings. The smallest absolute Gasteiger partial charge is 0.337 e. The normalized spacial score (nSPS) is 14.1. The number of carbonyl (C=O) groups is 2. The van der Waals surface area contributed by atoms with Gasteiger partial charge in [0, 0.05) is 45.0 Å². The van der Waals surface area contributed by atoms with Crippen LogP contribution in [-0.2, 0) is 9.53 Å². The van der Waals surface area contributed by atoms with Crippen molar-refractivity contribution in [1.29, 1.82) is 0 Å². The largest absolute Gasteiger partial charge is 0.465 e. The van der Waals surface area contributed by atoms with E-state index in [4.69, 9.17) is 0 Å². The number of ether oxygens (including phenoxy) is 1. The van der Waals surface area contributed by atoms with Gasteiger partial charge in [-0.25, -0.2) is 9.78 Å². The van der Waals surface area contributed by atoms with Crippen LogP contribution in [0, 0.1) is 0 Å². The number of anilines is 3. The minimum absolute atomic E-state index is 0.0939. The van der Waals surface area contributed by atoms with Crippen molar-refractivity contribution < 1.29 is 14.3 Å². The maximum absolute atomic E-state index is 11.5. The van der Waals surface area contributed by atoms with E-state index in [-0.39, 0.29) is 11.9 Å². The van der Waals surface area contributed by atoms with Crippen molar-refractivity contribution in [2.45, 2.75) is 6.92 Å². The summed E-state index contributed by atoms with van der Waals surface area (Å²) < 4.78 is 4.69. The maximum Gasteiger partial charge on any atom is 0.337 e. The summed E-state index contributed by atoms with van der Waals surface area (Å²) in [6.07, 6.45) is 1.70. The van der Waals surface area contributed by atoms with Gasteiger partial charge in [-0.2, -0.15) is 4.98 Å². The lowest BCUT2D eigenvalue weighted by Gasteiger charge is -2.34. The first-order valence-electron chi connectivity index (χ1n) is 8.36. The number of benzene rings is 1. The van der Waals surface area contributed by atoms with E-state index in [2.05, 4.69) is 24.9 Å². The highest BCUT2D eigenvalue weighted by Gasteiger charge is 2.20. The van der Waals surface area contributed by atoms with Crippen LogP contribution < -0.4 is 10.2 Å². The van der Waals surface area contributed by atoms with Gasteiger partial charge in [0.2, 0.25) is 11.9 Å². The van der Waals surface area contributed by atoms with Gasteiger partial charge >= 0.3 is 5.97 Å². The fourth-order valence-electron chi connectivity index (χ4n) is 2.75. The van der Waals surface area contributed by atoms with Gasteiger partial charge in [0.1, 0.15) is 5.82 Å². The van der Waals surface area contributed by atoms with Crippen LogP contribution in [0.1, 0.15) is 17.3 Å². The average Bonchev–Trinajstić information content (AvgIpc) is 2.68. The van der Waals surface area contributed by atoms with Gasteiger partial charge in [-0.1, -0.05) is 0 Å². The van der Waals surface area contributed by atoms with Crippen molar-refractivity contribution in [1.82, 2.24) is 14.9 Å². The van der Waals surface area contributed by atoms with Crippen LogP contribution in [0.3, 0.4) is 0 Å². The Hall–Kier alpha value is -3.16. The standard InChI is InChI=1S/C18H21N5O3/c1-13(24)22-9-11-23(12-10-22)18-19-8-7-16(21-18)20-15-5-3-14(4-6-15)17(25)26-2/h3-8H,9-12H2,1-2H3,(H,19,20,21). The first kappa shape index (κ1) is 17.7. The minimum atomic E-state index is -0.370. The number of hydrogen-bond acceptors (Lipinski definition) is 7. The molecule has 1 saturated heterocycles. The van der Waals surface area contributed by atoms with Crippen LogP contribution in [0.2, 0.25) is 0 Å². The number of nitrogens with one attached hydrogen (secondary N) is 1. The SMILES string of the molecule is COC(=O)c1ccc(Nc2ccnc(N3CCN(C(C)=O)CC3)n2)cc1. The number of methoxy groups -OCH3 is 1. The van der Waals surface area contributed by atoms with E-state index >= 15 is 0 Å². The number of carbonyl (C=O) groups excluding carboxylic acids is 2. The van der Waals surface area contributed by atoms with Crippen molar-refractivity contribution in [3.63, 3.8) is 0 Å². The van der Waals surface area contributed by atoms with E-state index in [1.165, 1.54) is 7.11 Å². The van der Waals surface area contributed by atoms with Gasteiger partial charge < -0.3 is 19.9 Å². The van der Waals surface area contributed by atoms with Crippen molar-refractivity contribution in [3.8, 4) is 0 Å². The zero-order chi connectivity index (χ0) is 18.5. The number of hydrogen-bond donors (Lipinski definition) is 1. The van der Waals surface area contributed by atoms with Gasteiger partial charge in [0.15, 0.2) is 0 Å². The number of amides is 1. The van der Waals surface area contributed by atoms with E-state index in [1.54, 1.807) is 43.5 Å². The van der Waals surface area contributed by atoms with E-state index in [0.717, 1.165) is 5.69 Å². The molecule has 2 heterocycles. The molecule has 3 rings (SSSR count). The third kappa shape index (κ3) is 4.08. The van der Waals surface area contributed by atoms with Crippen LogP contribution >= 0.6 is 0 Å². The first-order valence-corrected chi connectivity index (χ1v) is 8.36. The maximum atomic E-state index is 11.5. The highest BCUT2D eigenvalue weighted by atomic mass is 16.5. The molecular formula is C18H21N5O3. The van der Waals surface area contributed by atoms with E-state index in [9.17, 15) is 9.59 Å². The molecule has 0 spiro atoms. The molecule has 1 N–H and O–H groups in total. The summed E-state index contributed by atoms with van der Waals surface area (Å²) in [5, 5.41) is 3.20. The van der Waals surface area contributed by atoms with E-state index in [0.29, 0.717) is 43.5 Å². The van der Waals surface area contributed by atoms with Crippen LogP contribution in [0.25, 0.3) is 0 Å². The molecule has 0 bridgehead atoms. The molecule has 0 aliphatic carbocycles. The van der Waals surface area contributed by atoms with Crippen molar-refractivity contribution in [2.24, 2.45) is 0 Å². The Morgan fingerprint density at radius 1 is 1.08 bits per heavy atom. The second-order valence-corrected chi connectivity index (χ2v) is 5.93. The average molecular weight is 355 g/mol. The number of esters is 1. The Balaban J connectivity index is 1.66. The molecule has 1 aromatic heterocycles. The fraction of sp³-hybridized carbons (Fsp3) is 0.333. The van der Waals surface area contributed by atoms with Crippen LogP contribution in [0.4, 0.5) is 17.5 Å². The summed E-state index contributed by atoms with van der Waals surface area (Å²) in [4.78, 5) is 35.7. The molecule has 1 fully saturated rings. The summed E-state index contributed by atoms with van der Waals surface area (Å²) in [6, 6.07) is 8.75.